The Morgan fingerprint density at radius 2 is 1.88 bits per heavy atom. The molecule has 0 aliphatic carbocycles. The highest BCUT2D eigenvalue weighted by atomic mass is 79.9. The lowest BCUT2D eigenvalue weighted by Crippen LogP contribution is -2.40. The molecule has 0 spiro atoms. The molecule has 1 aromatic heterocycles. The van der Waals surface area contributed by atoms with E-state index in [1.165, 1.54) is 18.4 Å². The van der Waals surface area contributed by atoms with Crippen LogP contribution in [0.2, 0.25) is 10.0 Å². The van der Waals surface area contributed by atoms with Crippen molar-refractivity contribution in [1.82, 2.24) is 4.57 Å². The summed E-state index contributed by atoms with van der Waals surface area (Å²) in [6, 6.07) is 19.8. The lowest BCUT2D eigenvalue weighted by molar-refractivity contribution is -0.136. The molecular formula is C30H23BrCl2N2O4S. The van der Waals surface area contributed by atoms with Crippen molar-refractivity contribution in [2.24, 2.45) is 4.99 Å². The molecule has 204 valence electrons. The van der Waals surface area contributed by atoms with Crippen LogP contribution in [-0.2, 0) is 16.1 Å². The van der Waals surface area contributed by atoms with E-state index in [9.17, 15) is 9.59 Å². The van der Waals surface area contributed by atoms with Crippen molar-refractivity contribution in [2.75, 3.05) is 7.11 Å². The highest BCUT2D eigenvalue weighted by Crippen LogP contribution is 2.32. The van der Waals surface area contributed by atoms with Crippen molar-refractivity contribution in [1.29, 1.82) is 0 Å². The zero-order valence-electron chi connectivity index (χ0n) is 21.5. The average molecular weight is 658 g/mol. The topological polar surface area (TPSA) is 69.9 Å². The molecule has 0 amide bonds. The van der Waals surface area contributed by atoms with Gasteiger partial charge in [-0.1, -0.05) is 83.9 Å². The number of nitrogens with zero attached hydrogens (tertiary/aromatic N) is 2. The monoisotopic (exact) mass is 656 g/mol. The van der Waals surface area contributed by atoms with Gasteiger partial charge in [0.1, 0.15) is 12.4 Å². The van der Waals surface area contributed by atoms with E-state index in [1.54, 1.807) is 16.7 Å². The smallest absolute Gasteiger partial charge is 0.338 e. The van der Waals surface area contributed by atoms with Gasteiger partial charge in [-0.05, 0) is 69.4 Å². The normalized spacial score (nSPS) is 15.0. The number of carbonyl (C=O) groups is 1. The van der Waals surface area contributed by atoms with Gasteiger partial charge in [0.25, 0.3) is 5.56 Å². The Bertz CT molecular complexity index is 1820. The second-order valence-electron chi connectivity index (χ2n) is 8.93. The summed E-state index contributed by atoms with van der Waals surface area (Å²) in [5, 5.41) is 0.960. The maximum Gasteiger partial charge on any atom is 0.338 e. The van der Waals surface area contributed by atoms with Crippen LogP contribution in [0, 0.1) is 0 Å². The Morgan fingerprint density at radius 1 is 1.10 bits per heavy atom. The number of thiazole rings is 1. The minimum atomic E-state index is -0.633. The van der Waals surface area contributed by atoms with Crippen molar-refractivity contribution in [2.45, 2.75) is 26.0 Å². The summed E-state index contributed by atoms with van der Waals surface area (Å²) in [5.74, 6) is 0.146. The van der Waals surface area contributed by atoms with Gasteiger partial charge in [-0.15, -0.1) is 0 Å². The summed E-state index contributed by atoms with van der Waals surface area (Å²) < 4.78 is 13.9. The number of benzene rings is 3. The number of fused-ring (bicyclic) bond motifs is 1. The van der Waals surface area contributed by atoms with E-state index >= 15 is 0 Å². The first-order valence-electron chi connectivity index (χ1n) is 12.3. The number of hydrogen-bond donors (Lipinski definition) is 0. The second-order valence-corrected chi connectivity index (χ2v) is 11.6. The summed E-state index contributed by atoms with van der Waals surface area (Å²) in [6.07, 6.45) is 2.34. The fourth-order valence-corrected chi connectivity index (χ4v) is 6.33. The van der Waals surface area contributed by atoms with Gasteiger partial charge in [-0.25, -0.2) is 9.79 Å². The number of halogens is 3. The first-order chi connectivity index (χ1) is 19.3. The van der Waals surface area contributed by atoms with Crippen LogP contribution in [0.15, 0.2) is 92.3 Å². The zero-order valence-corrected chi connectivity index (χ0v) is 25.4. The number of hydrogen-bond acceptors (Lipinski definition) is 6. The Kier molecular flexibility index (Phi) is 8.61. The maximum absolute atomic E-state index is 13.8. The molecule has 5 rings (SSSR count). The molecule has 0 saturated heterocycles. The summed E-state index contributed by atoms with van der Waals surface area (Å²) in [4.78, 5) is 31.9. The third kappa shape index (κ3) is 5.67. The number of aromatic nitrogens is 1. The predicted octanol–water partition coefficient (Wildman–Crippen LogP) is 6.45. The van der Waals surface area contributed by atoms with Crippen LogP contribution in [0.25, 0.3) is 6.08 Å². The van der Waals surface area contributed by atoms with E-state index in [1.807, 2.05) is 67.6 Å². The molecule has 0 unspecified atom stereocenters. The Hall–Kier alpha value is -3.17. The highest BCUT2D eigenvalue weighted by Gasteiger charge is 2.33. The highest BCUT2D eigenvalue weighted by molar-refractivity contribution is 9.10. The van der Waals surface area contributed by atoms with Crippen LogP contribution in [0.1, 0.15) is 36.1 Å². The summed E-state index contributed by atoms with van der Waals surface area (Å²) in [7, 11) is 1.34. The fourth-order valence-electron chi connectivity index (χ4n) is 4.48. The molecule has 3 aromatic carbocycles. The predicted molar refractivity (Wildman–Crippen MR) is 162 cm³/mol. The van der Waals surface area contributed by atoms with Crippen LogP contribution in [0.5, 0.6) is 5.75 Å². The molecule has 1 atom stereocenters. The first kappa shape index (κ1) is 28.4. The van der Waals surface area contributed by atoms with Gasteiger partial charge in [0.05, 0.1) is 43.5 Å². The third-order valence-electron chi connectivity index (χ3n) is 6.40. The number of allylic oxidation sites excluding steroid dienone is 1. The van der Waals surface area contributed by atoms with Crippen LogP contribution in [0.4, 0.5) is 0 Å². The van der Waals surface area contributed by atoms with E-state index in [0.29, 0.717) is 49.4 Å². The Morgan fingerprint density at radius 3 is 2.55 bits per heavy atom. The van der Waals surface area contributed by atoms with E-state index in [2.05, 4.69) is 15.9 Å². The van der Waals surface area contributed by atoms with E-state index in [4.69, 9.17) is 37.7 Å². The van der Waals surface area contributed by atoms with Gasteiger partial charge in [-0.3, -0.25) is 9.36 Å². The molecule has 0 saturated carbocycles. The zero-order chi connectivity index (χ0) is 28.4. The van der Waals surface area contributed by atoms with Crippen LogP contribution in [-0.4, -0.2) is 17.6 Å². The van der Waals surface area contributed by atoms with E-state index in [0.717, 1.165) is 21.2 Å². The van der Waals surface area contributed by atoms with Gasteiger partial charge in [0.15, 0.2) is 4.80 Å². The standard InChI is InChI=1S/C30H23BrCl2N2O4S/c1-3-23-26(29(37)38-2)27(19-7-5-4-6-8-19)35-28(36)25(40-30(35)34-23)15-17-10-12-24(20(31)13-17)39-16-18-9-11-21(32)22(33)14-18/h4-15,27H,3,16H2,1-2H3/b25-15-/t27-/m0/s1. The van der Waals surface area contributed by atoms with Gasteiger partial charge >= 0.3 is 5.97 Å². The molecular weight excluding hydrogens is 635 g/mol. The van der Waals surface area contributed by atoms with Crippen molar-refractivity contribution in [3.63, 3.8) is 0 Å². The molecule has 6 nitrogen and oxygen atoms in total. The van der Waals surface area contributed by atoms with Gasteiger partial charge in [0, 0.05) is 0 Å². The quantitative estimate of drug-likeness (QED) is 0.214. The number of esters is 1. The molecule has 0 N–H and O–H groups in total. The summed E-state index contributed by atoms with van der Waals surface area (Å²) >= 11 is 17.0. The molecule has 10 heteroatoms. The average Bonchev–Trinajstić information content (AvgIpc) is 3.27. The van der Waals surface area contributed by atoms with Gasteiger partial charge in [-0.2, -0.15) is 0 Å². The molecule has 2 heterocycles. The van der Waals surface area contributed by atoms with Crippen molar-refractivity contribution < 1.29 is 14.3 Å². The first-order valence-corrected chi connectivity index (χ1v) is 14.7. The fraction of sp³-hybridized carbons (Fsp3) is 0.167. The molecule has 40 heavy (non-hydrogen) atoms. The van der Waals surface area contributed by atoms with Crippen LogP contribution < -0.4 is 19.6 Å². The van der Waals surface area contributed by atoms with Crippen molar-refractivity contribution in [3.8, 4) is 5.75 Å². The number of methoxy groups -OCH3 is 1. The third-order valence-corrected chi connectivity index (χ3v) is 8.74. The minimum absolute atomic E-state index is 0.231. The lowest BCUT2D eigenvalue weighted by atomic mass is 9.95. The molecule has 0 fully saturated rings. The Balaban J connectivity index is 1.52. The van der Waals surface area contributed by atoms with Crippen LogP contribution in [0.3, 0.4) is 0 Å². The SMILES string of the molecule is CCC1=C(C(=O)OC)[C@H](c2ccccc2)n2c(s/c(=C\c3ccc(OCc4ccc(Cl)c(Cl)c4)c(Br)c3)c2=O)=N1. The maximum atomic E-state index is 13.8. The summed E-state index contributed by atoms with van der Waals surface area (Å²) in [6.45, 7) is 2.25. The van der Waals surface area contributed by atoms with Gasteiger partial charge < -0.3 is 9.47 Å². The molecule has 4 aromatic rings. The second kappa shape index (κ2) is 12.1. The lowest BCUT2D eigenvalue weighted by Gasteiger charge is -2.25. The Labute approximate surface area is 252 Å². The van der Waals surface area contributed by atoms with Crippen molar-refractivity contribution >= 4 is 62.5 Å². The van der Waals surface area contributed by atoms with Crippen LogP contribution >= 0.6 is 50.5 Å². The largest absolute Gasteiger partial charge is 0.488 e. The molecule has 1 aliphatic rings. The molecule has 1 aliphatic heterocycles. The molecule has 0 bridgehead atoms. The summed E-state index contributed by atoms with van der Waals surface area (Å²) in [5.41, 5.74) is 3.25. The van der Waals surface area contributed by atoms with E-state index in [-0.39, 0.29) is 5.56 Å². The molecule has 0 radical (unpaired) electrons. The number of ether oxygens (including phenoxy) is 2. The number of carbonyl (C=O) groups excluding carboxylic acids is 1. The van der Waals surface area contributed by atoms with E-state index < -0.39 is 12.0 Å². The van der Waals surface area contributed by atoms with Gasteiger partial charge in [0.2, 0.25) is 0 Å². The number of rotatable bonds is 7. The minimum Gasteiger partial charge on any atom is -0.488 e. The van der Waals surface area contributed by atoms with Crippen molar-refractivity contribution in [3.05, 3.63) is 129 Å².